The molecule has 2 aromatic rings. The Morgan fingerprint density at radius 3 is 1.86 bits per heavy atom. The number of nitrogens with zero attached hydrogens (tertiary/aromatic N) is 1. The van der Waals surface area contributed by atoms with Gasteiger partial charge in [-0.1, -0.05) is 67.6 Å². The molecular weight excluding hydrogens is 256 g/mol. The standard InChI is InChI=1S/C19H24N2/c1-2-21-13-17(14-21)19(20)18(15-9-5-3-6-10-15)16-11-7-4-8-12-16/h3-12,17-19H,2,13-14,20H2,1H3. The fraction of sp³-hybridized carbons (Fsp3) is 0.368. The third-order valence-corrected chi connectivity index (χ3v) is 4.68. The number of nitrogens with two attached hydrogens (primary N) is 1. The van der Waals surface area contributed by atoms with Crippen LogP contribution in [0.15, 0.2) is 60.7 Å². The maximum atomic E-state index is 6.68. The molecule has 2 N–H and O–H groups in total. The van der Waals surface area contributed by atoms with Crippen molar-refractivity contribution in [3.8, 4) is 0 Å². The summed E-state index contributed by atoms with van der Waals surface area (Å²) in [5, 5.41) is 0. The summed E-state index contributed by atoms with van der Waals surface area (Å²) in [5.41, 5.74) is 9.33. The zero-order valence-electron chi connectivity index (χ0n) is 12.7. The lowest BCUT2D eigenvalue weighted by Gasteiger charge is -2.44. The molecule has 1 heterocycles. The van der Waals surface area contributed by atoms with Gasteiger partial charge in [0, 0.05) is 31.0 Å². The predicted octanol–water partition coefficient (Wildman–Crippen LogP) is 3.10. The van der Waals surface area contributed by atoms with Crippen LogP contribution in [0.2, 0.25) is 0 Å². The van der Waals surface area contributed by atoms with Crippen molar-refractivity contribution in [3.05, 3.63) is 71.8 Å². The van der Waals surface area contributed by atoms with Crippen molar-refractivity contribution in [2.24, 2.45) is 11.7 Å². The van der Waals surface area contributed by atoms with Gasteiger partial charge in [0.2, 0.25) is 0 Å². The van der Waals surface area contributed by atoms with Crippen molar-refractivity contribution < 1.29 is 0 Å². The van der Waals surface area contributed by atoms with E-state index in [9.17, 15) is 0 Å². The fourth-order valence-corrected chi connectivity index (χ4v) is 3.34. The van der Waals surface area contributed by atoms with Crippen LogP contribution in [-0.4, -0.2) is 30.6 Å². The number of rotatable bonds is 5. The highest BCUT2D eigenvalue weighted by Gasteiger charge is 2.35. The molecule has 1 aliphatic heterocycles. The highest BCUT2D eigenvalue weighted by Crippen LogP contribution is 2.33. The summed E-state index contributed by atoms with van der Waals surface area (Å²) in [4.78, 5) is 2.46. The van der Waals surface area contributed by atoms with Crippen LogP contribution in [0, 0.1) is 5.92 Å². The second-order valence-electron chi connectivity index (χ2n) is 5.99. The van der Waals surface area contributed by atoms with Crippen molar-refractivity contribution in [2.75, 3.05) is 19.6 Å². The smallest absolute Gasteiger partial charge is 0.0244 e. The molecule has 1 saturated heterocycles. The molecule has 110 valence electrons. The van der Waals surface area contributed by atoms with Crippen molar-refractivity contribution in [3.63, 3.8) is 0 Å². The van der Waals surface area contributed by atoms with E-state index < -0.39 is 0 Å². The van der Waals surface area contributed by atoms with E-state index in [-0.39, 0.29) is 12.0 Å². The minimum Gasteiger partial charge on any atom is -0.326 e. The summed E-state index contributed by atoms with van der Waals surface area (Å²) in [7, 11) is 0. The summed E-state index contributed by atoms with van der Waals surface area (Å²) in [6, 6.07) is 21.6. The van der Waals surface area contributed by atoms with Gasteiger partial charge in [-0.2, -0.15) is 0 Å². The topological polar surface area (TPSA) is 29.3 Å². The van der Waals surface area contributed by atoms with Crippen molar-refractivity contribution in [1.29, 1.82) is 0 Å². The Bertz CT molecular complexity index is 507. The zero-order valence-corrected chi connectivity index (χ0v) is 12.7. The number of hydrogen-bond donors (Lipinski definition) is 1. The van der Waals surface area contributed by atoms with Crippen LogP contribution in [0.4, 0.5) is 0 Å². The number of likely N-dealkylation sites (tertiary alicyclic amines) is 1. The third-order valence-electron chi connectivity index (χ3n) is 4.68. The molecule has 0 aromatic heterocycles. The second kappa shape index (κ2) is 6.42. The van der Waals surface area contributed by atoms with Gasteiger partial charge in [0.05, 0.1) is 0 Å². The van der Waals surface area contributed by atoms with Crippen LogP contribution in [0.25, 0.3) is 0 Å². The van der Waals surface area contributed by atoms with Gasteiger partial charge in [0.15, 0.2) is 0 Å². The van der Waals surface area contributed by atoms with Gasteiger partial charge < -0.3 is 10.6 Å². The Morgan fingerprint density at radius 1 is 0.952 bits per heavy atom. The molecule has 0 saturated carbocycles. The molecule has 0 spiro atoms. The molecule has 0 radical (unpaired) electrons. The first kappa shape index (κ1) is 14.3. The second-order valence-corrected chi connectivity index (χ2v) is 5.99. The number of hydrogen-bond acceptors (Lipinski definition) is 2. The van der Waals surface area contributed by atoms with Gasteiger partial charge in [0.25, 0.3) is 0 Å². The highest BCUT2D eigenvalue weighted by molar-refractivity contribution is 5.34. The lowest BCUT2D eigenvalue weighted by Crippen LogP contribution is -2.55. The fourth-order valence-electron chi connectivity index (χ4n) is 3.34. The van der Waals surface area contributed by atoms with E-state index in [1.54, 1.807) is 0 Å². The van der Waals surface area contributed by atoms with Crippen LogP contribution in [0.1, 0.15) is 24.0 Å². The minimum absolute atomic E-state index is 0.178. The monoisotopic (exact) mass is 280 g/mol. The molecule has 0 amide bonds. The molecule has 21 heavy (non-hydrogen) atoms. The Morgan fingerprint density at radius 2 is 1.43 bits per heavy atom. The number of benzene rings is 2. The molecule has 1 aliphatic rings. The van der Waals surface area contributed by atoms with Crippen LogP contribution in [0.3, 0.4) is 0 Å². The quantitative estimate of drug-likeness (QED) is 0.912. The minimum atomic E-state index is 0.178. The van der Waals surface area contributed by atoms with Crippen LogP contribution in [0.5, 0.6) is 0 Å². The molecule has 1 atom stereocenters. The van der Waals surface area contributed by atoms with Gasteiger partial charge in [-0.05, 0) is 17.7 Å². The highest BCUT2D eigenvalue weighted by atomic mass is 15.2. The van der Waals surface area contributed by atoms with E-state index in [0.717, 1.165) is 19.6 Å². The predicted molar refractivity (Wildman–Crippen MR) is 88.3 cm³/mol. The maximum Gasteiger partial charge on any atom is 0.0244 e. The summed E-state index contributed by atoms with van der Waals surface area (Å²) < 4.78 is 0. The van der Waals surface area contributed by atoms with Crippen molar-refractivity contribution in [2.45, 2.75) is 18.9 Å². The van der Waals surface area contributed by atoms with E-state index in [1.165, 1.54) is 11.1 Å². The summed E-state index contributed by atoms with van der Waals surface area (Å²) in [6.45, 7) is 5.61. The average molecular weight is 280 g/mol. The van der Waals surface area contributed by atoms with E-state index in [0.29, 0.717) is 5.92 Å². The van der Waals surface area contributed by atoms with Crippen LogP contribution < -0.4 is 5.73 Å². The maximum absolute atomic E-state index is 6.68. The molecule has 0 aliphatic carbocycles. The van der Waals surface area contributed by atoms with Gasteiger partial charge in [0.1, 0.15) is 0 Å². The lowest BCUT2D eigenvalue weighted by atomic mass is 9.77. The summed E-state index contributed by atoms with van der Waals surface area (Å²) >= 11 is 0. The molecule has 0 bridgehead atoms. The van der Waals surface area contributed by atoms with Crippen LogP contribution in [-0.2, 0) is 0 Å². The molecule has 2 heteroatoms. The Kier molecular flexibility index (Phi) is 4.37. The normalized spacial score (nSPS) is 17.7. The Hall–Kier alpha value is -1.64. The van der Waals surface area contributed by atoms with Crippen molar-refractivity contribution >= 4 is 0 Å². The third kappa shape index (κ3) is 3.02. The average Bonchev–Trinajstić information content (AvgIpc) is 2.49. The first-order chi connectivity index (χ1) is 10.3. The van der Waals surface area contributed by atoms with Crippen molar-refractivity contribution in [1.82, 2.24) is 4.90 Å². The molecule has 1 fully saturated rings. The molecule has 2 aromatic carbocycles. The Balaban J connectivity index is 1.86. The van der Waals surface area contributed by atoms with Gasteiger partial charge >= 0.3 is 0 Å². The molecule has 2 nitrogen and oxygen atoms in total. The summed E-state index contributed by atoms with van der Waals surface area (Å²) in [5.74, 6) is 0.881. The first-order valence-electron chi connectivity index (χ1n) is 7.87. The summed E-state index contributed by atoms with van der Waals surface area (Å²) in [6.07, 6.45) is 0. The van der Waals surface area contributed by atoms with E-state index in [1.807, 2.05) is 0 Å². The zero-order chi connectivity index (χ0) is 14.7. The van der Waals surface area contributed by atoms with Crippen LogP contribution >= 0.6 is 0 Å². The van der Waals surface area contributed by atoms with Gasteiger partial charge in [-0.3, -0.25) is 0 Å². The first-order valence-corrected chi connectivity index (χ1v) is 7.87. The van der Waals surface area contributed by atoms with E-state index >= 15 is 0 Å². The largest absolute Gasteiger partial charge is 0.326 e. The molecule has 3 rings (SSSR count). The Labute approximate surface area is 127 Å². The lowest BCUT2D eigenvalue weighted by molar-refractivity contribution is 0.0837. The molecular formula is C19H24N2. The SMILES string of the molecule is CCN1CC(C(N)C(c2ccccc2)c2ccccc2)C1. The van der Waals surface area contributed by atoms with E-state index in [2.05, 4.69) is 72.5 Å². The van der Waals surface area contributed by atoms with Gasteiger partial charge in [-0.15, -0.1) is 0 Å². The van der Waals surface area contributed by atoms with Gasteiger partial charge in [-0.25, -0.2) is 0 Å². The van der Waals surface area contributed by atoms with E-state index in [4.69, 9.17) is 5.73 Å². The molecule has 1 unspecified atom stereocenters.